The molecule has 0 aromatic heterocycles. The molecule has 0 spiro atoms. The second kappa shape index (κ2) is 5.56. The minimum atomic E-state index is -4.95. The van der Waals surface area contributed by atoms with Gasteiger partial charge in [-0.05, 0) is 18.2 Å². The summed E-state index contributed by atoms with van der Waals surface area (Å²) in [6.07, 6.45) is -8.94. The molecule has 1 rings (SSSR count). The highest BCUT2D eigenvalue weighted by atomic mass is 19.4. The third-order valence-electron chi connectivity index (χ3n) is 2.20. The van der Waals surface area contributed by atoms with E-state index in [9.17, 15) is 31.1 Å². The Labute approximate surface area is 110 Å². The van der Waals surface area contributed by atoms with Gasteiger partial charge < -0.3 is 5.32 Å². The first kappa shape index (κ1) is 16.1. The summed E-state index contributed by atoms with van der Waals surface area (Å²) in [6, 6.07) is 0.871. The van der Waals surface area contributed by atoms with E-state index in [0.717, 1.165) is 0 Å². The molecule has 0 saturated carbocycles. The number of nitrogens with one attached hydrogen (secondary N) is 1. The van der Waals surface area contributed by atoms with Crippen molar-refractivity contribution in [2.75, 3.05) is 5.32 Å². The minimum Gasteiger partial charge on any atom is -0.326 e. The third kappa shape index (κ3) is 4.29. The summed E-state index contributed by atoms with van der Waals surface area (Å²) in [5.41, 5.74) is -3.54. The van der Waals surface area contributed by atoms with Gasteiger partial charge in [0.1, 0.15) is 0 Å². The van der Waals surface area contributed by atoms with Crippen molar-refractivity contribution in [2.45, 2.75) is 18.8 Å². The van der Waals surface area contributed by atoms with Crippen LogP contribution in [0.2, 0.25) is 0 Å². The van der Waals surface area contributed by atoms with Crippen molar-refractivity contribution in [1.29, 1.82) is 0 Å². The molecular weight excluding hydrogens is 288 g/mol. The molecule has 1 aromatic carbocycles. The standard InChI is InChI=1S/C12H9F6NO/c1-2-3-10(20)19-9-5-7(11(13,14)15)4-8(6-9)12(16,17)18/h2,4-6H,1,3H2,(H,19,20). The molecular formula is C12H9F6NO. The fourth-order valence-corrected chi connectivity index (χ4v) is 1.37. The van der Waals surface area contributed by atoms with Crippen LogP contribution >= 0.6 is 0 Å². The van der Waals surface area contributed by atoms with E-state index in [1.54, 1.807) is 0 Å². The Morgan fingerprint density at radius 3 is 1.85 bits per heavy atom. The Balaban J connectivity index is 3.24. The topological polar surface area (TPSA) is 29.1 Å². The summed E-state index contributed by atoms with van der Waals surface area (Å²) in [6.45, 7) is 3.24. The molecule has 0 radical (unpaired) electrons. The lowest BCUT2D eigenvalue weighted by molar-refractivity contribution is -0.143. The van der Waals surface area contributed by atoms with E-state index in [4.69, 9.17) is 0 Å². The van der Waals surface area contributed by atoms with Gasteiger partial charge in [0.15, 0.2) is 0 Å². The van der Waals surface area contributed by atoms with Gasteiger partial charge in [0.2, 0.25) is 5.91 Å². The second-order valence-electron chi connectivity index (χ2n) is 3.84. The zero-order chi connectivity index (χ0) is 15.6. The molecule has 0 saturated heterocycles. The molecule has 2 nitrogen and oxygen atoms in total. The van der Waals surface area contributed by atoms with Crippen LogP contribution in [0, 0.1) is 0 Å². The van der Waals surface area contributed by atoms with Crippen LogP contribution in [-0.4, -0.2) is 5.91 Å². The molecule has 1 amide bonds. The predicted molar refractivity (Wildman–Crippen MR) is 59.9 cm³/mol. The molecule has 1 aromatic rings. The monoisotopic (exact) mass is 297 g/mol. The fraction of sp³-hybridized carbons (Fsp3) is 0.250. The molecule has 1 N–H and O–H groups in total. The zero-order valence-corrected chi connectivity index (χ0v) is 9.90. The fourth-order valence-electron chi connectivity index (χ4n) is 1.37. The van der Waals surface area contributed by atoms with Gasteiger partial charge in [-0.25, -0.2) is 0 Å². The quantitative estimate of drug-likeness (QED) is 0.656. The number of hydrogen-bond donors (Lipinski definition) is 1. The highest BCUT2D eigenvalue weighted by molar-refractivity contribution is 5.91. The molecule has 0 unspecified atom stereocenters. The van der Waals surface area contributed by atoms with Crippen molar-refractivity contribution in [1.82, 2.24) is 0 Å². The van der Waals surface area contributed by atoms with E-state index in [2.05, 4.69) is 6.58 Å². The first-order valence-corrected chi connectivity index (χ1v) is 5.24. The van der Waals surface area contributed by atoms with Crippen LogP contribution in [0.25, 0.3) is 0 Å². The summed E-state index contributed by atoms with van der Waals surface area (Å²) < 4.78 is 75.2. The van der Waals surface area contributed by atoms with Crippen LogP contribution in [0.1, 0.15) is 17.5 Å². The lowest BCUT2D eigenvalue weighted by Crippen LogP contribution is -2.15. The average Bonchev–Trinajstić information content (AvgIpc) is 2.26. The Morgan fingerprint density at radius 1 is 1.05 bits per heavy atom. The van der Waals surface area contributed by atoms with E-state index in [1.807, 2.05) is 5.32 Å². The molecule has 0 bridgehead atoms. The Hall–Kier alpha value is -1.99. The maximum atomic E-state index is 12.5. The first-order chi connectivity index (χ1) is 9.04. The van der Waals surface area contributed by atoms with Crippen molar-refractivity contribution >= 4 is 11.6 Å². The van der Waals surface area contributed by atoms with Gasteiger partial charge in [-0.3, -0.25) is 4.79 Å². The van der Waals surface area contributed by atoms with Crippen molar-refractivity contribution in [3.8, 4) is 0 Å². The van der Waals surface area contributed by atoms with Crippen molar-refractivity contribution in [2.24, 2.45) is 0 Å². The molecule has 0 aliphatic carbocycles. The summed E-state index contributed by atoms with van der Waals surface area (Å²) in [4.78, 5) is 11.2. The Kier molecular flexibility index (Phi) is 4.46. The second-order valence-corrected chi connectivity index (χ2v) is 3.84. The summed E-state index contributed by atoms with van der Waals surface area (Å²) >= 11 is 0. The van der Waals surface area contributed by atoms with Crippen LogP contribution < -0.4 is 5.32 Å². The number of rotatable bonds is 3. The normalized spacial score (nSPS) is 12.1. The van der Waals surface area contributed by atoms with Gasteiger partial charge in [0.25, 0.3) is 0 Å². The Morgan fingerprint density at radius 2 is 1.50 bits per heavy atom. The average molecular weight is 297 g/mol. The van der Waals surface area contributed by atoms with Crippen LogP contribution in [0.15, 0.2) is 30.9 Å². The van der Waals surface area contributed by atoms with Gasteiger partial charge in [0, 0.05) is 12.1 Å². The van der Waals surface area contributed by atoms with E-state index >= 15 is 0 Å². The van der Waals surface area contributed by atoms with Crippen LogP contribution in [0.5, 0.6) is 0 Å². The molecule has 0 aliphatic heterocycles. The van der Waals surface area contributed by atoms with Crippen molar-refractivity contribution in [3.63, 3.8) is 0 Å². The van der Waals surface area contributed by atoms with Gasteiger partial charge in [-0.2, -0.15) is 26.3 Å². The molecule has 0 heterocycles. The molecule has 0 aliphatic rings. The van der Waals surface area contributed by atoms with Crippen LogP contribution in [0.4, 0.5) is 32.0 Å². The maximum Gasteiger partial charge on any atom is 0.416 e. The number of carbonyl (C=O) groups excluding carboxylic acids is 1. The largest absolute Gasteiger partial charge is 0.416 e. The van der Waals surface area contributed by atoms with Crippen LogP contribution in [0.3, 0.4) is 0 Å². The third-order valence-corrected chi connectivity index (χ3v) is 2.20. The Bertz CT molecular complexity index is 485. The molecule has 0 fully saturated rings. The lowest BCUT2D eigenvalue weighted by Gasteiger charge is -2.14. The number of anilines is 1. The maximum absolute atomic E-state index is 12.5. The number of amides is 1. The highest BCUT2D eigenvalue weighted by Gasteiger charge is 2.37. The van der Waals surface area contributed by atoms with Gasteiger partial charge in [-0.1, -0.05) is 6.08 Å². The number of halogens is 6. The molecule has 20 heavy (non-hydrogen) atoms. The number of alkyl halides is 6. The van der Waals surface area contributed by atoms with E-state index in [-0.39, 0.29) is 12.5 Å². The predicted octanol–water partition coefficient (Wildman–Crippen LogP) is 4.24. The van der Waals surface area contributed by atoms with E-state index in [1.165, 1.54) is 6.08 Å². The minimum absolute atomic E-state index is 0.0108. The highest BCUT2D eigenvalue weighted by Crippen LogP contribution is 2.37. The van der Waals surface area contributed by atoms with Crippen molar-refractivity contribution in [3.05, 3.63) is 42.0 Å². The molecule has 110 valence electrons. The SMILES string of the molecule is C=CCC(=O)Nc1cc(C(F)(F)F)cc(C(F)(F)F)c1. The van der Waals surface area contributed by atoms with Gasteiger partial charge in [-0.15, -0.1) is 6.58 Å². The van der Waals surface area contributed by atoms with Crippen molar-refractivity contribution < 1.29 is 31.1 Å². The smallest absolute Gasteiger partial charge is 0.326 e. The number of hydrogen-bond acceptors (Lipinski definition) is 1. The number of carbonyl (C=O) groups is 1. The van der Waals surface area contributed by atoms with Gasteiger partial charge >= 0.3 is 12.4 Å². The molecule has 8 heteroatoms. The summed E-state index contributed by atoms with van der Waals surface area (Å²) in [5, 5.41) is 1.96. The first-order valence-electron chi connectivity index (χ1n) is 5.24. The summed E-state index contributed by atoms with van der Waals surface area (Å²) in [5.74, 6) is -0.757. The van der Waals surface area contributed by atoms with Crippen LogP contribution in [-0.2, 0) is 17.1 Å². The van der Waals surface area contributed by atoms with Gasteiger partial charge in [0.05, 0.1) is 11.1 Å². The number of benzene rings is 1. The van der Waals surface area contributed by atoms with E-state index < -0.39 is 35.1 Å². The lowest BCUT2D eigenvalue weighted by atomic mass is 10.1. The van der Waals surface area contributed by atoms with E-state index in [0.29, 0.717) is 12.1 Å². The summed E-state index contributed by atoms with van der Waals surface area (Å²) in [7, 11) is 0. The molecule has 0 atom stereocenters. The zero-order valence-electron chi connectivity index (χ0n) is 9.90.